The number of benzene rings is 1. The van der Waals surface area contributed by atoms with Crippen molar-refractivity contribution in [3.05, 3.63) is 35.6 Å². The van der Waals surface area contributed by atoms with Crippen LogP contribution in [0.25, 0.3) is 0 Å². The van der Waals surface area contributed by atoms with Gasteiger partial charge in [0.15, 0.2) is 0 Å². The Balaban J connectivity index is 1.56. The van der Waals surface area contributed by atoms with E-state index in [0.29, 0.717) is 12.8 Å². The van der Waals surface area contributed by atoms with Crippen molar-refractivity contribution in [3.8, 4) is 0 Å². The second kappa shape index (κ2) is 8.71. The lowest BCUT2D eigenvalue weighted by molar-refractivity contribution is -0.127. The normalized spacial score (nSPS) is 21.8. The van der Waals surface area contributed by atoms with Crippen molar-refractivity contribution in [3.63, 3.8) is 0 Å². The lowest BCUT2D eigenvalue weighted by Crippen LogP contribution is -2.51. The van der Waals surface area contributed by atoms with Gasteiger partial charge in [-0.1, -0.05) is 45.7 Å². The second-order valence-corrected chi connectivity index (χ2v) is 10.3. The Bertz CT molecular complexity index is 682. The van der Waals surface area contributed by atoms with Crippen molar-refractivity contribution in [2.24, 2.45) is 5.41 Å². The van der Waals surface area contributed by atoms with E-state index in [1.165, 1.54) is 12.1 Å². The number of likely N-dealkylation sites (tertiary alicyclic amines) is 1. The van der Waals surface area contributed by atoms with Crippen molar-refractivity contribution < 1.29 is 13.6 Å². The van der Waals surface area contributed by atoms with Crippen LogP contribution in [0.4, 0.5) is 8.78 Å². The number of rotatable bonds is 6. The SMILES string of the molecule is CC(C)(C)CCN1CCC(F)(CNC(=O)C2(c3ccc(F)cc3)CCCC2)CC1. The van der Waals surface area contributed by atoms with Gasteiger partial charge in [-0.05, 0) is 61.8 Å². The molecular formula is C24H36F2N2O. The summed E-state index contributed by atoms with van der Waals surface area (Å²) in [5.74, 6) is -0.406. The number of halogens is 2. The molecule has 0 aromatic heterocycles. The van der Waals surface area contributed by atoms with E-state index in [1.807, 2.05) is 0 Å². The average Bonchev–Trinajstić information content (AvgIpc) is 3.17. The maximum absolute atomic E-state index is 15.4. The molecule has 1 aromatic carbocycles. The summed E-state index contributed by atoms with van der Waals surface area (Å²) in [5, 5.41) is 2.93. The van der Waals surface area contributed by atoms with Crippen LogP contribution in [0.5, 0.6) is 0 Å². The van der Waals surface area contributed by atoms with Crippen LogP contribution in [0, 0.1) is 11.2 Å². The number of hydrogen-bond donors (Lipinski definition) is 1. The molecule has 3 rings (SSSR count). The van der Waals surface area contributed by atoms with Crippen LogP contribution in [-0.2, 0) is 10.2 Å². The van der Waals surface area contributed by atoms with Gasteiger partial charge >= 0.3 is 0 Å². The van der Waals surface area contributed by atoms with E-state index in [9.17, 15) is 9.18 Å². The number of carbonyl (C=O) groups is 1. The monoisotopic (exact) mass is 406 g/mol. The Kier molecular flexibility index (Phi) is 6.67. The average molecular weight is 407 g/mol. The summed E-state index contributed by atoms with van der Waals surface area (Å²) in [6, 6.07) is 6.23. The first-order valence-corrected chi connectivity index (χ1v) is 11.1. The summed E-state index contributed by atoms with van der Waals surface area (Å²) >= 11 is 0. The number of nitrogens with one attached hydrogen (secondary N) is 1. The highest BCUT2D eigenvalue weighted by Gasteiger charge is 2.44. The Morgan fingerprint density at radius 2 is 1.66 bits per heavy atom. The van der Waals surface area contributed by atoms with Crippen LogP contribution in [0.3, 0.4) is 0 Å². The third-order valence-electron chi connectivity index (χ3n) is 6.78. The predicted molar refractivity (Wildman–Crippen MR) is 113 cm³/mol. The van der Waals surface area contributed by atoms with Crippen LogP contribution >= 0.6 is 0 Å². The van der Waals surface area contributed by atoms with Crippen molar-refractivity contribution in [2.45, 2.75) is 76.8 Å². The van der Waals surface area contributed by atoms with Crippen molar-refractivity contribution in [2.75, 3.05) is 26.2 Å². The third-order valence-corrected chi connectivity index (χ3v) is 6.78. The largest absolute Gasteiger partial charge is 0.352 e. The Morgan fingerprint density at radius 3 is 2.21 bits per heavy atom. The molecule has 0 radical (unpaired) electrons. The van der Waals surface area contributed by atoms with Gasteiger partial charge in [0.2, 0.25) is 5.91 Å². The first-order chi connectivity index (χ1) is 13.6. The van der Waals surface area contributed by atoms with Crippen LogP contribution in [0.1, 0.15) is 71.3 Å². The lowest BCUT2D eigenvalue weighted by Gasteiger charge is -2.38. The minimum absolute atomic E-state index is 0.0713. The third kappa shape index (κ3) is 5.56. The van der Waals surface area contributed by atoms with E-state index in [4.69, 9.17) is 0 Å². The first-order valence-electron chi connectivity index (χ1n) is 11.1. The summed E-state index contributed by atoms with van der Waals surface area (Å²) in [4.78, 5) is 15.5. The molecule has 0 atom stereocenters. The van der Waals surface area contributed by atoms with E-state index in [1.54, 1.807) is 12.1 Å². The molecule has 5 heteroatoms. The maximum Gasteiger partial charge on any atom is 0.230 e. The fraction of sp³-hybridized carbons (Fsp3) is 0.708. The van der Waals surface area contributed by atoms with Gasteiger partial charge in [-0.25, -0.2) is 8.78 Å². The fourth-order valence-corrected chi connectivity index (χ4v) is 4.65. The van der Waals surface area contributed by atoms with E-state index in [0.717, 1.165) is 57.3 Å². The van der Waals surface area contributed by atoms with Crippen molar-refractivity contribution in [1.82, 2.24) is 10.2 Å². The van der Waals surface area contributed by atoms with E-state index >= 15 is 4.39 Å². The standard InChI is InChI=1S/C24H36F2N2O/c1-22(2,3)12-15-28-16-13-23(26,14-17-28)18-27-21(29)24(10-4-5-11-24)19-6-8-20(25)9-7-19/h6-9H,4-5,10-18H2,1-3H3,(H,27,29). The van der Waals surface area contributed by atoms with Crippen LogP contribution in [0.2, 0.25) is 0 Å². The summed E-state index contributed by atoms with van der Waals surface area (Å²) in [6.45, 7) is 9.24. The molecule has 0 bridgehead atoms. The molecule has 1 aliphatic carbocycles. The molecule has 1 saturated carbocycles. The number of amides is 1. The summed E-state index contributed by atoms with van der Waals surface area (Å²) < 4.78 is 28.7. The van der Waals surface area contributed by atoms with E-state index in [-0.39, 0.29) is 23.7 Å². The highest BCUT2D eigenvalue weighted by atomic mass is 19.1. The minimum Gasteiger partial charge on any atom is -0.352 e. The number of hydrogen-bond acceptors (Lipinski definition) is 2. The van der Waals surface area contributed by atoms with E-state index in [2.05, 4.69) is 31.0 Å². The Morgan fingerprint density at radius 1 is 1.07 bits per heavy atom. The molecule has 0 spiro atoms. The molecule has 1 aliphatic heterocycles. The van der Waals surface area contributed by atoms with Gasteiger partial charge in [0.25, 0.3) is 0 Å². The molecule has 0 unspecified atom stereocenters. The van der Waals surface area contributed by atoms with Crippen LogP contribution in [0.15, 0.2) is 24.3 Å². The summed E-state index contributed by atoms with van der Waals surface area (Å²) in [5.41, 5.74) is -0.846. The molecule has 162 valence electrons. The summed E-state index contributed by atoms with van der Waals surface area (Å²) in [6.07, 6.45) is 5.43. The summed E-state index contributed by atoms with van der Waals surface area (Å²) in [7, 11) is 0. The van der Waals surface area contributed by atoms with Gasteiger partial charge in [-0.15, -0.1) is 0 Å². The number of nitrogens with zero attached hydrogens (tertiary/aromatic N) is 1. The molecule has 1 aromatic rings. The van der Waals surface area contributed by atoms with Gasteiger partial charge in [0, 0.05) is 13.1 Å². The zero-order valence-electron chi connectivity index (χ0n) is 18.2. The van der Waals surface area contributed by atoms with Gasteiger partial charge in [-0.2, -0.15) is 0 Å². The molecule has 1 N–H and O–H groups in total. The maximum atomic E-state index is 15.4. The molecule has 3 nitrogen and oxygen atoms in total. The highest BCUT2D eigenvalue weighted by molar-refractivity contribution is 5.88. The van der Waals surface area contributed by atoms with Gasteiger partial charge in [-0.3, -0.25) is 4.79 Å². The molecule has 29 heavy (non-hydrogen) atoms. The lowest BCUT2D eigenvalue weighted by atomic mass is 9.77. The number of alkyl halides is 1. The highest BCUT2D eigenvalue weighted by Crippen LogP contribution is 2.41. The molecule has 1 heterocycles. The smallest absolute Gasteiger partial charge is 0.230 e. The molecule has 1 amide bonds. The van der Waals surface area contributed by atoms with Gasteiger partial charge < -0.3 is 10.2 Å². The fourth-order valence-electron chi connectivity index (χ4n) is 4.65. The first kappa shape index (κ1) is 22.2. The van der Waals surface area contributed by atoms with Crippen LogP contribution < -0.4 is 5.32 Å². The Hall–Kier alpha value is -1.49. The quantitative estimate of drug-likeness (QED) is 0.721. The van der Waals surface area contributed by atoms with Crippen molar-refractivity contribution in [1.29, 1.82) is 0 Å². The topological polar surface area (TPSA) is 32.3 Å². The van der Waals surface area contributed by atoms with Crippen molar-refractivity contribution >= 4 is 5.91 Å². The second-order valence-electron chi connectivity index (χ2n) is 10.3. The Labute approximate surface area is 174 Å². The minimum atomic E-state index is -1.34. The predicted octanol–water partition coefficient (Wildman–Crippen LogP) is 4.99. The molecule has 2 fully saturated rings. The zero-order valence-corrected chi connectivity index (χ0v) is 18.2. The molecule has 2 aliphatic rings. The van der Waals surface area contributed by atoms with Gasteiger partial charge in [0.1, 0.15) is 11.5 Å². The van der Waals surface area contributed by atoms with E-state index < -0.39 is 11.1 Å². The molecule has 1 saturated heterocycles. The number of carbonyl (C=O) groups excluding carboxylic acids is 1. The molecular weight excluding hydrogens is 370 g/mol. The zero-order chi connectivity index (χ0) is 21.1. The number of piperidine rings is 1. The van der Waals surface area contributed by atoms with Gasteiger partial charge in [0.05, 0.1) is 12.0 Å². The van der Waals surface area contributed by atoms with Crippen LogP contribution in [-0.4, -0.2) is 42.7 Å².